The number of fused-ring (bicyclic) bond motifs is 1. The molecule has 0 aliphatic rings. The van der Waals surface area contributed by atoms with Gasteiger partial charge in [-0.25, -0.2) is 4.98 Å². The van der Waals surface area contributed by atoms with Crippen LogP contribution < -0.4 is 14.8 Å². The van der Waals surface area contributed by atoms with Crippen LogP contribution in [0.3, 0.4) is 0 Å². The van der Waals surface area contributed by atoms with Crippen molar-refractivity contribution < 1.29 is 9.47 Å². The number of nitrogens with one attached hydrogen (secondary N) is 1. The Morgan fingerprint density at radius 1 is 0.897 bits per heavy atom. The van der Waals surface area contributed by atoms with Crippen LogP contribution in [0.25, 0.3) is 16.9 Å². The zero-order valence-electron chi connectivity index (χ0n) is 17.3. The molecule has 0 amide bonds. The molecule has 0 saturated carbocycles. The molecule has 4 aromatic rings. The molecule has 0 bridgehead atoms. The van der Waals surface area contributed by atoms with E-state index in [0.717, 1.165) is 39.7 Å². The summed E-state index contributed by atoms with van der Waals surface area (Å²) in [6.45, 7) is 6.10. The first-order valence-corrected chi connectivity index (χ1v) is 9.43. The van der Waals surface area contributed by atoms with Crippen molar-refractivity contribution >= 4 is 17.2 Å². The fraction of sp³-hybridized carbons (Fsp3) is 0.217. The Morgan fingerprint density at radius 2 is 1.69 bits per heavy atom. The van der Waals surface area contributed by atoms with Gasteiger partial charge >= 0.3 is 0 Å². The number of aromatic nitrogens is 3. The number of anilines is 2. The number of benzene rings is 2. The van der Waals surface area contributed by atoms with Crippen LogP contribution in [-0.4, -0.2) is 28.8 Å². The normalized spacial score (nSPS) is 10.9. The number of rotatable bonds is 5. The molecule has 29 heavy (non-hydrogen) atoms. The smallest absolute Gasteiger partial charge is 0.161 e. The minimum Gasteiger partial charge on any atom is -0.493 e. The summed E-state index contributed by atoms with van der Waals surface area (Å²) >= 11 is 0. The van der Waals surface area contributed by atoms with Crippen LogP contribution in [-0.2, 0) is 0 Å². The van der Waals surface area contributed by atoms with Crippen molar-refractivity contribution in [3.05, 3.63) is 65.4 Å². The lowest BCUT2D eigenvalue weighted by molar-refractivity contribution is 0.355. The highest BCUT2D eigenvalue weighted by Crippen LogP contribution is 2.34. The summed E-state index contributed by atoms with van der Waals surface area (Å²) in [4.78, 5) is 4.72. The first-order chi connectivity index (χ1) is 14.0. The maximum absolute atomic E-state index is 5.46. The molecule has 6 heteroatoms. The van der Waals surface area contributed by atoms with Crippen molar-refractivity contribution in [2.45, 2.75) is 20.8 Å². The predicted octanol–water partition coefficient (Wildman–Crippen LogP) is 5.08. The summed E-state index contributed by atoms with van der Waals surface area (Å²) in [6.07, 6.45) is 0. The molecule has 1 N–H and O–H groups in total. The molecule has 148 valence electrons. The lowest BCUT2D eigenvalue weighted by atomic mass is 10.1. The molecule has 6 nitrogen and oxygen atoms in total. The minimum absolute atomic E-state index is 0.670. The average Bonchev–Trinajstić information content (AvgIpc) is 3.04. The number of hydrogen-bond acceptors (Lipinski definition) is 5. The van der Waals surface area contributed by atoms with Crippen LogP contribution in [0.5, 0.6) is 11.5 Å². The van der Waals surface area contributed by atoms with E-state index in [0.29, 0.717) is 11.5 Å². The fourth-order valence-electron chi connectivity index (χ4n) is 3.46. The lowest BCUT2D eigenvalue weighted by Crippen LogP contribution is -2.02. The summed E-state index contributed by atoms with van der Waals surface area (Å²) in [5.74, 6) is 2.23. The van der Waals surface area contributed by atoms with Crippen molar-refractivity contribution in [1.29, 1.82) is 0 Å². The van der Waals surface area contributed by atoms with Crippen LogP contribution in [0.1, 0.15) is 16.8 Å². The first-order valence-electron chi connectivity index (χ1n) is 9.43. The van der Waals surface area contributed by atoms with Crippen molar-refractivity contribution in [1.82, 2.24) is 14.6 Å². The topological polar surface area (TPSA) is 60.7 Å². The van der Waals surface area contributed by atoms with Crippen LogP contribution >= 0.6 is 0 Å². The van der Waals surface area contributed by atoms with Gasteiger partial charge in [-0.05, 0) is 56.7 Å². The fourth-order valence-corrected chi connectivity index (χ4v) is 3.46. The van der Waals surface area contributed by atoms with Gasteiger partial charge in [0.15, 0.2) is 17.1 Å². The minimum atomic E-state index is 0.670. The second-order valence-corrected chi connectivity index (χ2v) is 7.06. The molecule has 2 aromatic carbocycles. The molecule has 4 rings (SSSR count). The van der Waals surface area contributed by atoms with Gasteiger partial charge in [-0.2, -0.15) is 9.61 Å². The van der Waals surface area contributed by atoms with Gasteiger partial charge in [0.2, 0.25) is 0 Å². The van der Waals surface area contributed by atoms with E-state index in [1.54, 1.807) is 14.2 Å². The molecule has 0 aliphatic heterocycles. The van der Waals surface area contributed by atoms with Crippen LogP contribution in [0, 0.1) is 20.8 Å². The molecule has 0 aliphatic carbocycles. The summed E-state index contributed by atoms with van der Waals surface area (Å²) in [5, 5.41) is 8.35. The molecule has 0 saturated heterocycles. The van der Waals surface area contributed by atoms with Gasteiger partial charge in [-0.1, -0.05) is 12.1 Å². The van der Waals surface area contributed by atoms with Crippen LogP contribution in [0.15, 0.2) is 48.5 Å². The van der Waals surface area contributed by atoms with Gasteiger partial charge in [-0.15, -0.1) is 0 Å². The first kappa shape index (κ1) is 18.8. The number of hydrogen-bond donors (Lipinski definition) is 1. The average molecular weight is 388 g/mol. The van der Waals surface area contributed by atoms with E-state index in [1.807, 2.05) is 54.8 Å². The van der Waals surface area contributed by atoms with E-state index in [9.17, 15) is 0 Å². The number of methoxy groups -OCH3 is 2. The summed E-state index contributed by atoms with van der Waals surface area (Å²) < 4.78 is 12.7. The quantitative estimate of drug-likeness (QED) is 0.516. The monoisotopic (exact) mass is 388 g/mol. The van der Waals surface area contributed by atoms with Gasteiger partial charge in [0, 0.05) is 28.6 Å². The van der Waals surface area contributed by atoms with E-state index in [2.05, 4.69) is 24.4 Å². The Bertz CT molecular complexity index is 1200. The maximum atomic E-state index is 5.46. The van der Waals surface area contributed by atoms with Crippen LogP contribution in [0.2, 0.25) is 0 Å². The Morgan fingerprint density at radius 3 is 2.41 bits per heavy atom. The third-order valence-electron chi connectivity index (χ3n) is 4.89. The second kappa shape index (κ2) is 7.47. The molecule has 2 aromatic heterocycles. The van der Waals surface area contributed by atoms with Gasteiger partial charge in [0.05, 0.1) is 19.9 Å². The zero-order chi connectivity index (χ0) is 20.5. The van der Waals surface area contributed by atoms with Crippen molar-refractivity contribution in [3.63, 3.8) is 0 Å². The van der Waals surface area contributed by atoms with E-state index in [-0.39, 0.29) is 0 Å². The Kier molecular flexibility index (Phi) is 4.84. The highest BCUT2D eigenvalue weighted by atomic mass is 16.5. The van der Waals surface area contributed by atoms with Crippen molar-refractivity contribution in [2.75, 3.05) is 19.5 Å². The Balaban J connectivity index is 1.85. The molecule has 0 radical (unpaired) electrons. The lowest BCUT2D eigenvalue weighted by Gasteiger charge is -2.10. The summed E-state index contributed by atoms with van der Waals surface area (Å²) in [7, 11) is 3.26. The Labute approximate surface area is 170 Å². The highest BCUT2D eigenvalue weighted by molar-refractivity contribution is 5.74. The molecule has 0 fully saturated rings. The maximum Gasteiger partial charge on any atom is 0.161 e. The van der Waals surface area contributed by atoms with Crippen molar-refractivity contribution in [3.8, 4) is 22.8 Å². The molecule has 0 unspecified atom stereocenters. The second-order valence-electron chi connectivity index (χ2n) is 7.06. The van der Waals surface area contributed by atoms with Crippen LogP contribution in [0.4, 0.5) is 11.5 Å². The van der Waals surface area contributed by atoms with E-state index in [1.165, 1.54) is 5.56 Å². The third-order valence-corrected chi connectivity index (χ3v) is 4.89. The van der Waals surface area contributed by atoms with Gasteiger partial charge in [0.25, 0.3) is 0 Å². The third kappa shape index (κ3) is 3.49. The standard InChI is InChI=1S/C23H24N4O2/c1-14-7-6-8-18(11-14)25-21-12-15(2)24-23-16(3)22(26-27(21)23)17-9-10-19(28-4)20(13-17)29-5/h6-13,25H,1-5H3. The van der Waals surface area contributed by atoms with E-state index in [4.69, 9.17) is 19.6 Å². The molecule has 0 atom stereocenters. The van der Waals surface area contributed by atoms with Crippen molar-refractivity contribution in [2.24, 2.45) is 0 Å². The summed E-state index contributed by atoms with van der Waals surface area (Å²) in [5.41, 5.74) is 6.77. The van der Waals surface area contributed by atoms with Gasteiger partial charge in [-0.3, -0.25) is 0 Å². The number of ether oxygens (including phenoxy) is 2. The Hall–Kier alpha value is -3.54. The van der Waals surface area contributed by atoms with Gasteiger partial charge in [0.1, 0.15) is 5.82 Å². The predicted molar refractivity (Wildman–Crippen MR) is 115 cm³/mol. The molecule has 2 heterocycles. The van der Waals surface area contributed by atoms with E-state index >= 15 is 0 Å². The molecular weight excluding hydrogens is 364 g/mol. The molecule has 0 spiro atoms. The largest absolute Gasteiger partial charge is 0.493 e. The zero-order valence-corrected chi connectivity index (χ0v) is 17.3. The van der Waals surface area contributed by atoms with Gasteiger partial charge < -0.3 is 14.8 Å². The molecular formula is C23H24N4O2. The van der Waals surface area contributed by atoms with E-state index < -0.39 is 0 Å². The number of nitrogens with zero attached hydrogens (tertiary/aromatic N) is 3. The highest BCUT2D eigenvalue weighted by Gasteiger charge is 2.17. The number of aryl methyl sites for hydroxylation is 3. The summed E-state index contributed by atoms with van der Waals surface area (Å²) in [6, 6.07) is 16.1. The SMILES string of the molecule is COc1ccc(-c2nn3c(Nc4cccc(C)c4)cc(C)nc3c2C)cc1OC.